The molecule has 0 fully saturated rings. The summed E-state index contributed by atoms with van der Waals surface area (Å²) < 4.78 is 30.1. The van der Waals surface area contributed by atoms with Gasteiger partial charge in [0.05, 0.1) is 9.64 Å². The number of ether oxygens (including phenoxy) is 1. The summed E-state index contributed by atoms with van der Waals surface area (Å²) in [5.41, 5.74) is 0.326. The SMILES string of the molecule is Cc1cccc(S(=O)(=O)C(C)(C)CCN(C)C(=O)OC(C)(C)C)c1. The number of aryl methyl sites for hydroxylation is 1. The lowest BCUT2D eigenvalue weighted by Crippen LogP contribution is -2.39. The second kappa shape index (κ2) is 7.13. The molecule has 0 saturated heterocycles. The average Bonchev–Trinajstić information content (AvgIpc) is 2.42. The number of sulfone groups is 1. The minimum absolute atomic E-state index is 0.299. The van der Waals surface area contributed by atoms with E-state index in [-0.39, 0.29) is 0 Å². The largest absolute Gasteiger partial charge is 0.444 e. The van der Waals surface area contributed by atoms with Crippen molar-refractivity contribution in [3.05, 3.63) is 29.8 Å². The van der Waals surface area contributed by atoms with Gasteiger partial charge in [-0.3, -0.25) is 0 Å². The molecule has 0 bridgehead atoms. The summed E-state index contributed by atoms with van der Waals surface area (Å²) in [6.07, 6.45) is -0.134. The van der Waals surface area contributed by atoms with Gasteiger partial charge in [0.2, 0.25) is 0 Å². The van der Waals surface area contributed by atoms with Crippen molar-refractivity contribution in [2.75, 3.05) is 13.6 Å². The second-order valence-corrected chi connectivity index (χ2v) is 10.3. The first-order valence-electron chi connectivity index (χ1n) is 8.02. The maximum atomic E-state index is 12.9. The van der Waals surface area contributed by atoms with Crippen LogP contribution in [0.1, 0.15) is 46.6 Å². The Bertz CT molecular complexity index is 687. The summed E-state index contributed by atoms with van der Waals surface area (Å²) in [4.78, 5) is 13.7. The molecule has 0 saturated carbocycles. The normalized spacial score (nSPS) is 12.8. The fourth-order valence-corrected chi connectivity index (χ4v) is 3.70. The number of carbonyl (C=O) groups is 1. The molecule has 0 unspecified atom stereocenters. The Morgan fingerprint density at radius 3 is 2.25 bits per heavy atom. The first-order chi connectivity index (χ1) is 10.8. The van der Waals surface area contributed by atoms with Crippen LogP contribution in [0.3, 0.4) is 0 Å². The third kappa shape index (κ3) is 5.23. The molecule has 0 atom stereocenters. The molecule has 0 aliphatic heterocycles. The monoisotopic (exact) mass is 355 g/mol. The molecule has 1 rings (SSSR count). The van der Waals surface area contributed by atoms with E-state index in [0.29, 0.717) is 17.9 Å². The van der Waals surface area contributed by atoms with E-state index in [0.717, 1.165) is 5.56 Å². The quantitative estimate of drug-likeness (QED) is 0.806. The van der Waals surface area contributed by atoms with Crippen molar-refractivity contribution in [1.82, 2.24) is 4.90 Å². The summed E-state index contributed by atoms with van der Waals surface area (Å²) in [5, 5.41) is 0. The van der Waals surface area contributed by atoms with Gasteiger partial charge < -0.3 is 9.64 Å². The third-order valence-electron chi connectivity index (χ3n) is 3.78. The van der Waals surface area contributed by atoms with E-state index >= 15 is 0 Å². The van der Waals surface area contributed by atoms with Crippen LogP contribution in [0, 0.1) is 6.92 Å². The molecule has 0 aromatic heterocycles. The van der Waals surface area contributed by atoms with Gasteiger partial charge in [0.25, 0.3) is 0 Å². The highest BCUT2D eigenvalue weighted by Gasteiger charge is 2.36. The summed E-state index contributed by atoms with van der Waals surface area (Å²) in [7, 11) is -1.88. The van der Waals surface area contributed by atoms with Gasteiger partial charge in [-0.15, -0.1) is 0 Å². The Kier molecular flexibility index (Phi) is 6.09. The van der Waals surface area contributed by atoms with Gasteiger partial charge in [-0.05, 0) is 65.7 Å². The topological polar surface area (TPSA) is 63.7 Å². The Balaban J connectivity index is 2.84. The van der Waals surface area contributed by atoms with Crippen molar-refractivity contribution in [1.29, 1.82) is 0 Å². The van der Waals surface area contributed by atoms with Gasteiger partial charge in [-0.2, -0.15) is 0 Å². The van der Waals surface area contributed by atoms with Crippen LogP contribution in [0.25, 0.3) is 0 Å². The number of amides is 1. The van der Waals surface area contributed by atoms with Crippen LogP contribution < -0.4 is 0 Å². The van der Waals surface area contributed by atoms with Crippen LogP contribution in [-0.4, -0.2) is 43.4 Å². The molecule has 1 amide bonds. The van der Waals surface area contributed by atoms with Crippen LogP contribution >= 0.6 is 0 Å². The predicted octanol–water partition coefficient (Wildman–Crippen LogP) is 3.80. The minimum Gasteiger partial charge on any atom is -0.444 e. The Morgan fingerprint density at radius 1 is 1.17 bits per heavy atom. The molecule has 0 aliphatic carbocycles. The van der Waals surface area contributed by atoms with Gasteiger partial charge in [0.1, 0.15) is 5.60 Å². The van der Waals surface area contributed by atoms with Gasteiger partial charge in [0.15, 0.2) is 9.84 Å². The van der Waals surface area contributed by atoms with Crippen LogP contribution in [0.15, 0.2) is 29.2 Å². The first-order valence-corrected chi connectivity index (χ1v) is 9.50. The van der Waals surface area contributed by atoms with Crippen LogP contribution in [0.5, 0.6) is 0 Å². The Hall–Kier alpha value is -1.56. The van der Waals surface area contributed by atoms with E-state index < -0.39 is 26.3 Å². The fraction of sp³-hybridized carbons (Fsp3) is 0.611. The summed E-state index contributed by atoms with van der Waals surface area (Å²) in [6.45, 7) is 10.9. The zero-order valence-electron chi connectivity index (χ0n) is 15.7. The maximum absolute atomic E-state index is 12.9. The number of hydrogen-bond donors (Lipinski definition) is 0. The van der Waals surface area contributed by atoms with Gasteiger partial charge in [-0.1, -0.05) is 12.1 Å². The van der Waals surface area contributed by atoms with Crippen LogP contribution in [0.4, 0.5) is 4.79 Å². The zero-order chi connectivity index (χ0) is 18.8. The van der Waals surface area contributed by atoms with E-state index in [4.69, 9.17) is 4.74 Å². The van der Waals surface area contributed by atoms with Crippen LogP contribution in [0.2, 0.25) is 0 Å². The number of benzene rings is 1. The molecular weight excluding hydrogens is 326 g/mol. The molecule has 1 aromatic carbocycles. The maximum Gasteiger partial charge on any atom is 0.410 e. The average molecular weight is 356 g/mol. The highest BCUT2D eigenvalue weighted by molar-refractivity contribution is 7.92. The minimum atomic E-state index is -3.50. The zero-order valence-corrected chi connectivity index (χ0v) is 16.5. The highest BCUT2D eigenvalue weighted by Crippen LogP contribution is 2.29. The van der Waals surface area contributed by atoms with E-state index in [1.54, 1.807) is 59.9 Å². The van der Waals surface area contributed by atoms with Crippen molar-refractivity contribution in [3.63, 3.8) is 0 Å². The van der Waals surface area contributed by atoms with E-state index in [2.05, 4.69) is 0 Å². The molecule has 0 spiro atoms. The molecule has 0 aliphatic rings. The number of hydrogen-bond acceptors (Lipinski definition) is 4. The molecule has 0 heterocycles. The smallest absolute Gasteiger partial charge is 0.410 e. The van der Waals surface area contributed by atoms with E-state index in [1.807, 2.05) is 13.0 Å². The van der Waals surface area contributed by atoms with Gasteiger partial charge in [-0.25, -0.2) is 13.2 Å². The standard InChI is InChI=1S/C18H29NO4S/c1-14-9-8-10-15(13-14)24(21,22)18(5,6)11-12-19(7)16(20)23-17(2,3)4/h8-10,13H,11-12H2,1-7H3. The third-order valence-corrected chi connectivity index (χ3v) is 6.32. The van der Waals surface area contributed by atoms with Crippen molar-refractivity contribution in [2.45, 2.75) is 63.2 Å². The summed E-state index contributed by atoms with van der Waals surface area (Å²) >= 11 is 0. The fourth-order valence-electron chi connectivity index (χ4n) is 2.10. The number of carbonyl (C=O) groups excluding carboxylic acids is 1. The number of nitrogens with zero attached hydrogens (tertiary/aromatic N) is 1. The Morgan fingerprint density at radius 2 is 1.75 bits per heavy atom. The lowest BCUT2D eigenvalue weighted by Gasteiger charge is -2.29. The molecule has 136 valence electrons. The molecule has 0 radical (unpaired) electrons. The van der Waals surface area contributed by atoms with Crippen molar-refractivity contribution in [3.8, 4) is 0 Å². The second-order valence-electron chi connectivity index (χ2n) is 7.73. The van der Waals surface area contributed by atoms with E-state index in [1.165, 1.54) is 4.90 Å². The van der Waals surface area contributed by atoms with Crippen molar-refractivity contribution < 1.29 is 17.9 Å². The van der Waals surface area contributed by atoms with Crippen molar-refractivity contribution in [2.24, 2.45) is 0 Å². The van der Waals surface area contributed by atoms with Gasteiger partial charge >= 0.3 is 6.09 Å². The Labute approximate surface area is 145 Å². The predicted molar refractivity (Wildman–Crippen MR) is 95.9 cm³/mol. The molecular formula is C18H29NO4S. The lowest BCUT2D eigenvalue weighted by molar-refractivity contribution is 0.0294. The summed E-state index contributed by atoms with van der Waals surface area (Å²) in [5.74, 6) is 0. The molecule has 1 aromatic rings. The lowest BCUT2D eigenvalue weighted by atomic mass is 10.1. The van der Waals surface area contributed by atoms with Crippen LogP contribution in [-0.2, 0) is 14.6 Å². The first kappa shape index (κ1) is 20.5. The molecule has 6 heteroatoms. The highest BCUT2D eigenvalue weighted by atomic mass is 32.2. The molecule has 24 heavy (non-hydrogen) atoms. The van der Waals surface area contributed by atoms with E-state index in [9.17, 15) is 13.2 Å². The molecule has 0 N–H and O–H groups in total. The molecule has 5 nitrogen and oxygen atoms in total. The number of rotatable bonds is 5. The summed E-state index contributed by atoms with van der Waals surface area (Å²) in [6, 6.07) is 6.89. The van der Waals surface area contributed by atoms with Gasteiger partial charge in [0, 0.05) is 13.6 Å². The van der Waals surface area contributed by atoms with Crippen molar-refractivity contribution >= 4 is 15.9 Å².